The lowest BCUT2D eigenvalue weighted by Crippen LogP contribution is -2.24. The third kappa shape index (κ3) is 5.71. The van der Waals surface area contributed by atoms with E-state index in [0.29, 0.717) is 0 Å². The van der Waals surface area contributed by atoms with Gasteiger partial charge in [0.15, 0.2) is 0 Å². The molecular formula is C48H38F2N2S2. The van der Waals surface area contributed by atoms with Crippen molar-refractivity contribution in [1.29, 1.82) is 0 Å². The predicted octanol–water partition coefficient (Wildman–Crippen LogP) is 15.4. The van der Waals surface area contributed by atoms with Crippen LogP contribution in [-0.2, 0) is 0 Å². The summed E-state index contributed by atoms with van der Waals surface area (Å²) in [4.78, 5) is 9.40. The molecule has 0 aliphatic carbocycles. The summed E-state index contributed by atoms with van der Waals surface area (Å²) in [6, 6.07) is 48.2. The molecule has 0 radical (unpaired) electrons. The second-order valence-electron chi connectivity index (χ2n) is 14.4. The molecule has 6 heteroatoms. The average molecular weight is 745 g/mol. The normalized spacial score (nSPS) is 13.1. The van der Waals surface area contributed by atoms with Gasteiger partial charge in [0.2, 0.25) is 0 Å². The first kappa shape index (κ1) is 34.5. The summed E-state index contributed by atoms with van der Waals surface area (Å²) in [5, 5.41) is 0. The highest BCUT2D eigenvalue weighted by Gasteiger charge is 2.38. The van der Waals surface area contributed by atoms with E-state index in [9.17, 15) is 0 Å². The number of benzene rings is 7. The van der Waals surface area contributed by atoms with Crippen LogP contribution in [0.25, 0.3) is 22.3 Å². The van der Waals surface area contributed by atoms with Gasteiger partial charge in [0.1, 0.15) is 11.6 Å². The second kappa shape index (κ2) is 13.8. The molecule has 0 saturated carbocycles. The van der Waals surface area contributed by atoms with Crippen LogP contribution in [0.15, 0.2) is 165 Å². The predicted molar refractivity (Wildman–Crippen MR) is 223 cm³/mol. The topological polar surface area (TPSA) is 6.48 Å². The van der Waals surface area contributed by atoms with E-state index < -0.39 is 0 Å². The molecule has 9 rings (SSSR count). The molecule has 0 saturated heterocycles. The van der Waals surface area contributed by atoms with Crippen LogP contribution >= 0.6 is 23.5 Å². The summed E-state index contributed by atoms with van der Waals surface area (Å²) in [6.45, 7) is 8.89. The molecule has 7 aromatic carbocycles. The molecule has 2 nitrogen and oxygen atoms in total. The van der Waals surface area contributed by atoms with E-state index >= 15 is 8.78 Å². The summed E-state index contributed by atoms with van der Waals surface area (Å²) in [6.07, 6.45) is 0. The molecule has 2 aliphatic rings. The Morgan fingerprint density at radius 2 is 0.741 bits per heavy atom. The lowest BCUT2D eigenvalue weighted by Gasteiger charge is -2.42. The number of para-hydroxylation sites is 4. The number of halogens is 2. The van der Waals surface area contributed by atoms with Gasteiger partial charge in [0.25, 0.3) is 0 Å². The van der Waals surface area contributed by atoms with E-state index in [-0.39, 0.29) is 23.5 Å². The fourth-order valence-corrected chi connectivity index (χ4v) is 10.2. The number of rotatable bonds is 6. The van der Waals surface area contributed by atoms with Gasteiger partial charge in [0, 0.05) is 36.3 Å². The summed E-state index contributed by atoms with van der Waals surface area (Å²) >= 11 is 3.54. The summed E-state index contributed by atoms with van der Waals surface area (Å²) in [5.74, 6) is -0.684. The summed E-state index contributed by atoms with van der Waals surface area (Å²) < 4.78 is 31.2. The first-order chi connectivity index (χ1) is 26.3. The Morgan fingerprint density at radius 3 is 1.06 bits per heavy atom. The van der Waals surface area contributed by atoms with Gasteiger partial charge in [-0.05, 0) is 101 Å². The van der Waals surface area contributed by atoms with E-state index in [1.54, 1.807) is 47.8 Å². The molecule has 0 unspecified atom stereocenters. The molecule has 7 aromatic rings. The lowest BCUT2D eigenvalue weighted by atomic mass is 9.78. The van der Waals surface area contributed by atoms with Gasteiger partial charge in [-0.25, -0.2) is 8.78 Å². The van der Waals surface area contributed by atoms with Gasteiger partial charge in [-0.2, -0.15) is 0 Å². The van der Waals surface area contributed by atoms with Crippen molar-refractivity contribution in [2.24, 2.45) is 0 Å². The minimum atomic E-state index is -0.304. The maximum Gasteiger partial charge on any atom is 0.123 e. The van der Waals surface area contributed by atoms with Crippen molar-refractivity contribution < 1.29 is 8.78 Å². The number of anilines is 6. The Bertz CT molecular complexity index is 2320. The minimum absolute atomic E-state index is 0.0290. The molecule has 2 heterocycles. The molecule has 0 fully saturated rings. The van der Waals surface area contributed by atoms with Crippen molar-refractivity contribution in [1.82, 2.24) is 0 Å². The lowest BCUT2D eigenvalue weighted by molar-refractivity contribution is 0.628. The van der Waals surface area contributed by atoms with Gasteiger partial charge in [-0.1, -0.05) is 124 Å². The molecule has 0 atom stereocenters. The van der Waals surface area contributed by atoms with E-state index in [0.717, 1.165) is 87.1 Å². The van der Waals surface area contributed by atoms with Gasteiger partial charge in [-0.15, -0.1) is 0 Å². The highest BCUT2D eigenvalue weighted by atomic mass is 32.2. The molecule has 266 valence electrons. The quantitative estimate of drug-likeness (QED) is 0.167. The molecule has 0 N–H and O–H groups in total. The maximum absolute atomic E-state index is 15.6. The molecule has 0 aromatic heterocycles. The van der Waals surface area contributed by atoms with Crippen molar-refractivity contribution in [3.05, 3.63) is 168 Å². The first-order valence-electron chi connectivity index (χ1n) is 18.4. The SMILES string of the molecule is CC(C)c1c(-c2cccc(F)c2)c(N2c3ccccc3Sc3ccccc32)c(C(C)C)c(N2c3ccccc3Sc3ccccc32)c1-c1cccc(F)c1. The molecule has 54 heavy (non-hydrogen) atoms. The Hall–Kier alpha value is -5.30. The highest BCUT2D eigenvalue weighted by Crippen LogP contribution is 2.63. The molecule has 0 amide bonds. The standard InChI is InChI=1S/C48H38F2N2S2/c1-29(2)43-45(31-15-13-17-33(49)27-31)47(51-35-19-5-9-23-39(35)53-40-24-10-6-20-36(40)51)44(30(3)4)48(46(43)32-16-14-18-34(50)28-32)52-37-21-7-11-25-41(37)54-42-26-12-8-22-38(42)52/h5-30H,1-4H3. The van der Waals surface area contributed by atoms with Gasteiger partial charge in [0.05, 0.1) is 34.1 Å². The van der Waals surface area contributed by atoms with Crippen LogP contribution in [0.2, 0.25) is 0 Å². The zero-order valence-electron chi connectivity index (χ0n) is 30.5. The average Bonchev–Trinajstić information content (AvgIpc) is 3.18. The number of nitrogens with zero attached hydrogens (tertiary/aromatic N) is 2. The van der Waals surface area contributed by atoms with Crippen molar-refractivity contribution in [2.45, 2.75) is 59.1 Å². The van der Waals surface area contributed by atoms with Crippen LogP contribution in [0.3, 0.4) is 0 Å². The Morgan fingerprint density at radius 1 is 0.407 bits per heavy atom. The van der Waals surface area contributed by atoms with E-state index in [1.807, 2.05) is 12.1 Å². The Balaban J connectivity index is 1.56. The van der Waals surface area contributed by atoms with Gasteiger partial charge < -0.3 is 9.80 Å². The van der Waals surface area contributed by atoms with E-state index in [4.69, 9.17) is 0 Å². The van der Waals surface area contributed by atoms with Crippen LogP contribution in [0.1, 0.15) is 50.7 Å². The summed E-state index contributed by atoms with van der Waals surface area (Å²) in [5.41, 5.74) is 11.8. The fraction of sp³-hybridized carbons (Fsp3) is 0.125. The Kier molecular flexibility index (Phi) is 8.83. The van der Waals surface area contributed by atoms with Crippen molar-refractivity contribution in [2.75, 3.05) is 9.80 Å². The number of hydrogen-bond donors (Lipinski definition) is 0. The third-order valence-electron chi connectivity index (χ3n) is 10.2. The van der Waals surface area contributed by atoms with Crippen molar-refractivity contribution in [3.63, 3.8) is 0 Å². The zero-order valence-corrected chi connectivity index (χ0v) is 32.1. The van der Waals surface area contributed by atoms with Gasteiger partial charge >= 0.3 is 0 Å². The fourth-order valence-electron chi connectivity index (χ4n) is 8.11. The van der Waals surface area contributed by atoms with Crippen LogP contribution in [0, 0.1) is 11.6 Å². The third-order valence-corrected chi connectivity index (χ3v) is 12.5. The monoisotopic (exact) mass is 744 g/mol. The van der Waals surface area contributed by atoms with Crippen LogP contribution in [0.5, 0.6) is 0 Å². The van der Waals surface area contributed by atoms with E-state index in [2.05, 4.69) is 135 Å². The summed E-state index contributed by atoms with van der Waals surface area (Å²) in [7, 11) is 0. The molecular weight excluding hydrogens is 707 g/mol. The molecule has 0 spiro atoms. The van der Waals surface area contributed by atoms with Gasteiger partial charge in [-0.3, -0.25) is 0 Å². The van der Waals surface area contributed by atoms with Crippen molar-refractivity contribution in [3.8, 4) is 22.3 Å². The highest BCUT2D eigenvalue weighted by molar-refractivity contribution is 8.00. The van der Waals surface area contributed by atoms with Crippen LogP contribution in [-0.4, -0.2) is 0 Å². The van der Waals surface area contributed by atoms with E-state index in [1.165, 1.54) is 12.1 Å². The molecule has 2 aliphatic heterocycles. The smallest absolute Gasteiger partial charge is 0.123 e. The number of hydrogen-bond acceptors (Lipinski definition) is 4. The number of fused-ring (bicyclic) bond motifs is 4. The zero-order chi connectivity index (χ0) is 37.1. The largest absolute Gasteiger partial charge is 0.307 e. The second-order valence-corrected chi connectivity index (χ2v) is 16.5. The maximum atomic E-state index is 15.6. The first-order valence-corrected chi connectivity index (χ1v) is 20.0. The minimum Gasteiger partial charge on any atom is -0.307 e. The Labute approximate surface area is 324 Å². The van der Waals surface area contributed by atoms with Crippen molar-refractivity contribution >= 4 is 57.6 Å². The van der Waals surface area contributed by atoms with Crippen LogP contribution in [0.4, 0.5) is 42.9 Å². The van der Waals surface area contributed by atoms with Crippen LogP contribution < -0.4 is 9.80 Å². The molecule has 0 bridgehead atoms.